The third-order valence-corrected chi connectivity index (χ3v) is 4.15. The Kier molecular flexibility index (Phi) is 7.33. The van der Waals surface area contributed by atoms with Crippen molar-refractivity contribution in [3.8, 4) is 0 Å². The summed E-state index contributed by atoms with van der Waals surface area (Å²) in [6.07, 6.45) is 3.28. The molecule has 0 radical (unpaired) electrons. The lowest BCUT2D eigenvalue weighted by molar-refractivity contribution is 0.0517. The lowest BCUT2D eigenvalue weighted by atomic mass is 9.91. The highest BCUT2D eigenvalue weighted by Crippen LogP contribution is 2.26. The van der Waals surface area contributed by atoms with Crippen molar-refractivity contribution < 1.29 is 9.53 Å². The molecule has 0 aromatic rings. The molecule has 1 aliphatic carbocycles. The van der Waals surface area contributed by atoms with Crippen LogP contribution in [-0.2, 0) is 4.74 Å². The third kappa shape index (κ3) is 8.56. The first kappa shape index (κ1) is 20.2. The largest absolute Gasteiger partial charge is 0.444 e. The molecule has 0 aromatic carbocycles. The highest BCUT2D eigenvalue weighted by atomic mass is 16.6. The first-order valence-electron chi connectivity index (χ1n) is 8.83. The Labute approximate surface area is 142 Å². The van der Waals surface area contributed by atoms with E-state index in [1.54, 1.807) is 0 Å². The van der Waals surface area contributed by atoms with Crippen LogP contribution in [0.25, 0.3) is 0 Å². The van der Waals surface area contributed by atoms with Crippen molar-refractivity contribution in [1.29, 1.82) is 0 Å². The molecular weight excluding hydrogens is 290 g/mol. The molecule has 1 rings (SSSR count). The van der Waals surface area contributed by atoms with Crippen LogP contribution in [0.3, 0.4) is 0 Å². The van der Waals surface area contributed by atoms with Gasteiger partial charge in [0.05, 0.1) is 0 Å². The summed E-state index contributed by atoms with van der Waals surface area (Å²) in [6.45, 7) is 13.0. The number of rotatable bonds is 7. The van der Waals surface area contributed by atoms with Crippen molar-refractivity contribution in [2.75, 3.05) is 33.7 Å². The van der Waals surface area contributed by atoms with Crippen molar-refractivity contribution in [2.45, 2.75) is 65.5 Å². The highest BCUT2D eigenvalue weighted by Gasteiger charge is 2.30. The number of carbonyl (C=O) groups excluding carboxylic acids is 1. The summed E-state index contributed by atoms with van der Waals surface area (Å²) in [6, 6.07) is 0.492. The van der Waals surface area contributed by atoms with Crippen molar-refractivity contribution in [1.82, 2.24) is 15.5 Å². The maximum absolute atomic E-state index is 11.8. The molecule has 2 unspecified atom stereocenters. The summed E-state index contributed by atoms with van der Waals surface area (Å²) >= 11 is 0. The van der Waals surface area contributed by atoms with E-state index in [0.29, 0.717) is 18.5 Å². The first-order chi connectivity index (χ1) is 10.5. The normalized spacial score (nSPS) is 22.4. The van der Waals surface area contributed by atoms with E-state index >= 15 is 0 Å². The number of nitrogens with zero attached hydrogens (tertiary/aromatic N) is 1. The SMILES string of the molecule is CN(C)CC(C)(C)CNC1CCCC1CNC(=O)OC(C)(C)C. The van der Waals surface area contributed by atoms with E-state index < -0.39 is 5.60 Å². The average molecular weight is 328 g/mol. The summed E-state index contributed by atoms with van der Waals surface area (Å²) in [7, 11) is 4.23. The number of ether oxygens (including phenoxy) is 1. The van der Waals surface area contributed by atoms with Crippen LogP contribution in [0.5, 0.6) is 0 Å². The summed E-state index contributed by atoms with van der Waals surface area (Å²) in [5.41, 5.74) is -0.192. The summed E-state index contributed by atoms with van der Waals surface area (Å²) in [5, 5.41) is 6.66. The molecule has 1 amide bonds. The van der Waals surface area contributed by atoms with Crippen LogP contribution in [-0.4, -0.2) is 56.4 Å². The Balaban J connectivity index is 2.38. The average Bonchev–Trinajstić information content (AvgIpc) is 2.77. The number of hydrogen-bond acceptors (Lipinski definition) is 4. The smallest absolute Gasteiger partial charge is 0.407 e. The lowest BCUT2D eigenvalue weighted by Crippen LogP contribution is -2.45. The van der Waals surface area contributed by atoms with Crippen molar-refractivity contribution in [3.63, 3.8) is 0 Å². The van der Waals surface area contributed by atoms with Crippen LogP contribution < -0.4 is 10.6 Å². The highest BCUT2D eigenvalue weighted by molar-refractivity contribution is 5.67. The first-order valence-corrected chi connectivity index (χ1v) is 8.83. The molecule has 1 fully saturated rings. The van der Waals surface area contributed by atoms with Crippen LogP contribution in [0.15, 0.2) is 0 Å². The molecular formula is C18H37N3O2. The molecule has 5 heteroatoms. The maximum Gasteiger partial charge on any atom is 0.407 e. The molecule has 0 aromatic heterocycles. The number of amides is 1. The van der Waals surface area contributed by atoms with Gasteiger partial charge in [-0.15, -0.1) is 0 Å². The Morgan fingerprint density at radius 1 is 1.17 bits per heavy atom. The van der Waals surface area contributed by atoms with Gasteiger partial charge < -0.3 is 20.3 Å². The van der Waals surface area contributed by atoms with Gasteiger partial charge in [-0.1, -0.05) is 20.3 Å². The number of nitrogens with one attached hydrogen (secondary N) is 2. The fourth-order valence-electron chi connectivity index (χ4n) is 3.40. The molecule has 136 valence electrons. The van der Waals surface area contributed by atoms with E-state index in [0.717, 1.165) is 13.1 Å². The zero-order valence-corrected chi connectivity index (χ0v) is 16.2. The van der Waals surface area contributed by atoms with Gasteiger partial charge in [0.15, 0.2) is 0 Å². The molecule has 23 heavy (non-hydrogen) atoms. The second kappa shape index (κ2) is 8.34. The van der Waals surface area contributed by atoms with Crippen molar-refractivity contribution >= 4 is 6.09 Å². The Morgan fingerprint density at radius 3 is 2.39 bits per heavy atom. The van der Waals surface area contributed by atoms with Gasteiger partial charge in [-0.3, -0.25) is 0 Å². The van der Waals surface area contributed by atoms with Crippen LogP contribution in [0, 0.1) is 11.3 Å². The van der Waals surface area contributed by atoms with Crippen LogP contribution >= 0.6 is 0 Å². The Bertz CT molecular complexity index is 375. The van der Waals surface area contributed by atoms with E-state index in [2.05, 4.69) is 43.5 Å². The Hall–Kier alpha value is -0.810. The van der Waals surface area contributed by atoms with Gasteiger partial charge in [0.1, 0.15) is 5.60 Å². The van der Waals surface area contributed by atoms with Gasteiger partial charge in [-0.25, -0.2) is 4.79 Å². The fourth-order valence-corrected chi connectivity index (χ4v) is 3.40. The molecule has 0 aliphatic heterocycles. The zero-order chi connectivity index (χ0) is 17.7. The molecule has 1 saturated carbocycles. The summed E-state index contributed by atoms with van der Waals surface area (Å²) < 4.78 is 5.31. The molecule has 5 nitrogen and oxygen atoms in total. The van der Waals surface area contributed by atoms with Gasteiger partial charge in [0, 0.05) is 25.7 Å². The van der Waals surface area contributed by atoms with E-state index in [9.17, 15) is 4.79 Å². The number of alkyl carbamates (subject to hydrolysis) is 1. The third-order valence-electron chi connectivity index (χ3n) is 4.15. The molecule has 2 N–H and O–H groups in total. The predicted molar refractivity (Wildman–Crippen MR) is 95.7 cm³/mol. The minimum atomic E-state index is -0.437. The van der Waals surface area contributed by atoms with Gasteiger partial charge in [-0.2, -0.15) is 0 Å². The van der Waals surface area contributed by atoms with Crippen LogP contribution in [0.4, 0.5) is 4.79 Å². The zero-order valence-electron chi connectivity index (χ0n) is 16.2. The maximum atomic E-state index is 11.8. The summed E-state index contributed by atoms with van der Waals surface area (Å²) in [5.74, 6) is 0.498. The monoisotopic (exact) mass is 327 g/mol. The molecule has 1 aliphatic rings. The molecule has 0 spiro atoms. The van der Waals surface area contributed by atoms with Crippen LogP contribution in [0.2, 0.25) is 0 Å². The standard InChI is InChI=1S/C18H37N3O2/c1-17(2,3)23-16(22)19-11-14-9-8-10-15(14)20-12-18(4,5)13-21(6)7/h14-15,20H,8-13H2,1-7H3,(H,19,22). The van der Waals surface area contributed by atoms with Gasteiger partial charge in [0.25, 0.3) is 0 Å². The number of hydrogen-bond donors (Lipinski definition) is 2. The summed E-state index contributed by atoms with van der Waals surface area (Å²) in [4.78, 5) is 14.0. The van der Waals surface area contributed by atoms with Crippen LogP contribution in [0.1, 0.15) is 53.9 Å². The number of carbonyl (C=O) groups is 1. The molecule has 0 bridgehead atoms. The van der Waals surface area contributed by atoms with E-state index in [-0.39, 0.29) is 11.5 Å². The van der Waals surface area contributed by atoms with E-state index in [1.165, 1.54) is 19.3 Å². The van der Waals surface area contributed by atoms with E-state index in [4.69, 9.17) is 4.74 Å². The van der Waals surface area contributed by atoms with Crippen molar-refractivity contribution in [2.24, 2.45) is 11.3 Å². The lowest BCUT2D eigenvalue weighted by Gasteiger charge is -2.31. The molecule has 0 heterocycles. The van der Waals surface area contributed by atoms with Crippen molar-refractivity contribution in [3.05, 3.63) is 0 Å². The van der Waals surface area contributed by atoms with Gasteiger partial charge >= 0.3 is 6.09 Å². The second-order valence-corrected chi connectivity index (χ2v) is 8.96. The molecule has 0 saturated heterocycles. The predicted octanol–water partition coefficient (Wildman–Crippen LogP) is 2.86. The molecule has 2 atom stereocenters. The minimum Gasteiger partial charge on any atom is -0.444 e. The topological polar surface area (TPSA) is 53.6 Å². The van der Waals surface area contributed by atoms with Gasteiger partial charge in [-0.05, 0) is 59.0 Å². The van der Waals surface area contributed by atoms with E-state index in [1.807, 2.05) is 20.8 Å². The minimum absolute atomic E-state index is 0.245. The second-order valence-electron chi connectivity index (χ2n) is 8.96. The quantitative estimate of drug-likeness (QED) is 0.755. The Morgan fingerprint density at radius 2 is 1.83 bits per heavy atom. The van der Waals surface area contributed by atoms with Gasteiger partial charge in [0.2, 0.25) is 0 Å². The fraction of sp³-hybridized carbons (Fsp3) is 0.944.